The van der Waals surface area contributed by atoms with Crippen LogP contribution in [-0.2, 0) is 15.7 Å². The molecule has 7 heteroatoms. The van der Waals surface area contributed by atoms with Gasteiger partial charge in [-0.1, -0.05) is 6.07 Å². The highest BCUT2D eigenvalue weighted by Crippen LogP contribution is 2.33. The molecule has 0 saturated carbocycles. The highest BCUT2D eigenvalue weighted by molar-refractivity contribution is 7.50. The fourth-order valence-electron chi connectivity index (χ4n) is 0.827. The minimum Gasteiger partial charge on any atom is -0.313 e. The average Bonchev–Trinajstić information content (AvgIpc) is 2.01. The van der Waals surface area contributed by atoms with Gasteiger partial charge in [0.05, 0.1) is 6.61 Å². The third kappa shape index (κ3) is 3.16. The predicted molar refractivity (Wildman–Crippen MR) is 45.2 cm³/mol. The molecule has 1 aromatic rings. The number of hydrogen-bond donors (Lipinski definition) is 2. The molecule has 1 rings (SSSR count). The second kappa shape index (κ2) is 4.14. The van der Waals surface area contributed by atoms with Crippen molar-refractivity contribution in [3.05, 3.63) is 35.4 Å². The number of nitrogens with two attached hydrogens (primary N) is 1. The van der Waals surface area contributed by atoms with Gasteiger partial charge >= 0.3 is 7.75 Å². The molecule has 3 N–H and O–H groups in total. The van der Waals surface area contributed by atoms with Crippen LogP contribution >= 0.6 is 7.75 Å². The largest absolute Gasteiger partial charge is 0.400 e. The van der Waals surface area contributed by atoms with Crippen LogP contribution in [0.5, 0.6) is 0 Å². The molecule has 1 unspecified atom stereocenters. The molecule has 1 atom stereocenters. The van der Waals surface area contributed by atoms with E-state index in [2.05, 4.69) is 10.0 Å². The number of halogens is 2. The Bertz CT molecular complexity index is 359. The van der Waals surface area contributed by atoms with Gasteiger partial charge in [-0.3, -0.25) is 4.52 Å². The fraction of sp³-hybridized carbons (Fsp3) is 0.143. The van der Waals surface area contributed by atoms with Gasteiger partial charge < -0.3 is 4.89 Å². The zero-order valence-electron chi connectivity index (χ0n) is 6.98. The highest BCUT2D eigenvalue weighted by Gasteiger charge is 2.15. The molecule has 14 heavy (non-hydrogen) atoms. The zero-order valence-corrected chi connectivity index (χ0v) is 7.88. The molecule has 78 valence electrons. The summed E-state index contributed by atoms with van der Waals surface area (Å²) >= 11 is 0. The molecule has 0 radical (unpaired) electrons. The van der Waals surface area contributed by atoms with Crippen LogP contribution in [0.15, 0.2) is 18.2 Å². The maximum absolute atomic E-state index is 12.9. The number of hydrogen-bond acceptors (Lipinski definition) is 2. The van der Waals surface area contributed by atoms with Crippen molar-refractivity contribution in [3.63, 3.8) is 0 Å². The monoisotopic (exact) mass is 223 g/mol. The molecule has 0 saturated heterocycles. The van der Waals surface area contributed by atoms with Gasteiger partial charge in [-0.25, -0.2) is 18.9 Å². The molecule has 0 aliphatic carbocycles. The number of benzene rings is 1. The van der Waals surface area contributed by atoms with Gasteiger partial charge in [-0.05, 0) is 12.1 Å². The Labute approximate surface area is 78.9 Å². The topological polar surface area (TPSA) is 72.6 Å². The Morgan fingerprint density at radius 3 is 2.36 bits per heavy atom. The fourth-order valence-corrected chi connectivity index (χ4v) is 1.14. The van der Waals surface area contributed by atoms with Gasteiger partial charge in [0.25, 0.3) is 0 Å². The summed E-state index contributed by atoms with van der Waals surface area (Å²) < 4.78 is 40.4. The van der Waals surface area contributed by atoms with Gasteiger partial charge in [0.15, 0.2) is 0 Å². The lowest BCUT2D eigenvalue weighted by atomic mass is 10.2. The Morgan fingerprint density at radius 1 is 1.43 bits per heavy atom. The minimum absolute atomic E-state index is 0.424. The lowest BCUT2D eigenvalue weighted by molar-refractivity contribution is 0.243. The predicted octanol–water partition coefficient (Wildman–Crippen LogP) is 1.54. The lowest BCUT2D eigenvalue weighted by Crippen LogP contribution is -2.02. The summed E-state index contributed by atoms with van der Waals surface area (Å²) in [7, 11) is -4.20. The van der Waals surface area contributed by atoms with Crippen molar-refractivity contribution < 1.29 is 22.8 Å². The molecule has 0 aromatic heterocycles. The first-order chi connectivity index (χ1) is 6.40. The van der Waals surface area contributed by atoms with E-state index in [0.717, 1.165) is 12.1 Å². The van der Waals surface area contributed by atoms with Crippen LogP contribution in [0, 0.1) is 11.6 Å². The summed E-state index contributed by atoms with van der Waals surface area (Å²) in [6.07, 6.45) is 0. The van der Waals surface area contributed by atoms with E-state index in [9.17, 15) is 13.3 Å². The van der Waals surface area contributed by atoms with Crippen molar-refractivity contribution in [3.8, 4) is 0 Å². The Hall–Kier alpha value is -0.810. The smallest absolute Gasteiger partial charge is 0.313 e. The molecule has 0 heterocycles. The first-order valence-corrected chi connectivity index (χ1v) is 5.23. The van der Waals surface area contributed by atoms with E-state index in [-0.39, 0.29) is 0 Å². The second-order valence-corrected chi connectivity index (χ2v) is 3.92. The first kappa shape index (κ1) is 11.3. The summed E-state index contributed by atoms with van der Waals surface area (Å²) in [4.78, 5) is 8.53. The molecule has 0 amide bonds. The molecule has 4 nitrogen and oxygen atoms in total. The molecule has 0 bridgehead atoms. The van der Waals surface area contributed by atoms with Crippen LogP contribution < -0.4 is 5.50 Å². The van der Waals surface area contributed by atoms with Crippen molar-refractivity contribution >= 4 is 7.75 Å². The van der Waals surface area contributed by atoms with E-state index < -0.39 is 31.6 Å². The van der Waals surface area contributed by atoms with Crippen LogP contribution in [0.2, 0.25) is 0 Å². The van der Waals surface area contributed by atoms with Crippen molar-refractivity contribution in [2.24, 2.45) is 5.50 Å². The molecule has 0 fully saturated rings. The Morgan fingerprint density at radius 2 is 1.93 bits per heavy atom. The molecular weight excluding hydrogens is 215 g/mol. The van der Waals surface area contributed by atoms with Crippen molar-refractivity contribution in [2.45, 2.75) is 6.61 Å². The standard InChI is InChI=1S/C7H8F2NO3P/c8-6-2-1-3-7(9)5(6)4-13-14(10,11)12/h1-3H,4H2,(H3,10,11,12). The summed E-state index contributed by atoms with van der Waals surface area (Å²) in [6, 6.07) is 3.20. The number of rotatable bonds is 3. The maximum atomic E-state index is 12.9. The average molecular weight is 223 g/mol. The van der Waals surface area contributed by atoms with Crippen molar-refractivity contribution in [1.82, 2.24) is 0 Å². The van der Waals surface area contributed by atoms with Crippen LogP contribution in [0.3, 0.4) is 0 Å². The van der Waals surface area contributed by atoms with Gasteiger partial charge in [0.1, 0.15) is 11.6 Å². The van der Waals surface area contributed by atoms with Crippen LogP contribution in [-0.4, -0.2) is 4.89 Å². The third-order valence-corrected chi connectivity index (χ3v) is 1.95. The van der Waals surface area contributed by atoms with Crippen LogP contribution in [0.25, 0.3) is 0 Å². The summed E-state index contributed by atoms with van der Waals surface area (Å²) in [5.41, 5.74) is 4.20. The van der Waals surface area contributed by atoms with E-state index in [1.807, 2.05) is 0 Å². The Kier molecular flexibility index (Phi) is 3.34. The summed E-state index contributed by atoms with van der Waals surface area (Å²) in [6.45, 7) is -0.678. The van der Waals surface area contributed by atoms with E-state index in [0.29, 0.717) is 0 Å². The molecule has 0 aliphatic rings. The van der Waals surface area contributed by atoms with Gasteiger partial charge in [0, 0.05) is 5.56 Å². The van der Waals surface area contributed by atoms with E-state index in [4.69, 9.17) is 4.89 Å². The molecule has 0 aliphatic heterocycles. The van der Waals surface area contributed by atoms with Crippen molar-refractivity contribution in [2.75, 3.05) is 0 Å². The zero-order chi connectivity index (χ0) is 10.8. The van der Waals surface area contributed by atoms with Crippen LogP contribution in [0.4, 0.5) is 8.78 Å². The van der Waals surface area contributed by atoms with E-state index in [1.54, 1.807) is 0 Å². The van der Waals surface area contributed by atoms with E-state index >= 15 is 0 Å². The molecule has 0 spiro atoms. The highest BCUT2D eigenvalue weighted by atomic mass is 31.2. The van der Waals surface area contributed by atoms with Crippen LogP contribution in [0.1, 0.15) is 5.56 Å². The quantitative estimate of drug-likeness (QED) is 0.762. The van der Waals surface area contributed by atoms with E-state index in [1.165, 1.54) is 6.07 Å². The SMILES string of the molecule is NP(=O)(O)OCc1c(F)cccc1F. The molecule has 1 aromatic carbocycles. The maximum Gasteiger partial charge on any atom is 0.400 e. The second-order valence-electron chi connectivity index (χ2n) is 2.54. The van der Waals surface area contributed by atoms with Gasteiger partial charge in [-0.15, -0.1) is 0 Å². The van der Waals surface area contributed by atoms with Crippen molar-refractivity contribution in [1.29, 1.82) is 0 Å². The Balaban J connectivity index is 2.82. The minimum atomic E-state index is -4.20. The molecular formula is C7H8F2NO3P. The normalized spacial score (nSPS) is 15.1. The van der Waals surface area contributed by atoms with Gasteiger partial charge in [0.2, 0.25) is 0 Å². The lowest BCUT2D eigenvalue weighted by Gasteiger charge is -2.07. The first-order valence-electron chi connectivity index (χ1n) is 3.59. The summed E-state index contributed by atoms with van der Waals surface area (Å²) in [5.74, 6) is -1.70. The third-order valence-electron chi connectivity index (χ3n) is 1.46. The summed E-state index contributed by atoms with van der Waals surface area (Å²) in [5, 5.41) is 0. The van der Waals surface area contributed by atoms with Gasteiger partial charge in [-0.2, -0.15) is 0 Å².